The minimum absolute atomic E-state index is 0.0154. The van der Waals surface area contributed by atoms with E-state index in [1.165, 1.54) is 6.92 Å². The lowest BCUT2D eigenvalue weighted by Gasteiger charge is -2.27. The summed E-state index contributed by atoms with van der Waals surface area (Å²) in [5, 5.41) is 9.20. The molecule has 0 bridgehead atoms. The monoisotopic (exact) mass is 422 g/mol. The van der Waals surface area contributed by atoms with Gasteiger partial charge in [-0.2, -0.15) is 0 Å². The normalized spacial score (nSPS) is 33.2. The predicted molar refractivity (Wildman–Crippen MR) is 101 cm³/mol. The first-order valence-corrected chi connectivity index (χ1v) is 9.84. The molecule has 1 saturated heterocycles. The van der Waals surface area contributed by atoms with Gasteiger partial charge >= 0.3 is 17.9 Å². The molecule has 164 valence electrons. The molecule has 2 fully saturated rings. The van der Waals surface area contributed by atoms with Crippen molar-refractivity contribution < 1.29 is 43.2 Å². The number of esters is 3. The SMILES string of the molecule is C=C(CO)C(=O)OC1CC(C)C(=O)CCC2(C)OC2C2OC(=O)C(COC(C)=O)=C12. The quantitative estimate of drug-likeness (QED) is 0.296. The standard InChI is InChI=1S/C21H26O9/c1-10-7-15(28-19(25)11(2)8-22)16-13(9-27-12(3)23)20(26)29-17(16)18-21(4,30-18)6-5-14(10)24/h10,15,17-18,22H,2,5-9H2,1,3-4H3. The number of fused-ring (bicyclic) bond motifs is 3. The Hall–Kier alpha value is -2.52. The topological polar surface area (TPSA) is 129 Å². The Morgan fingerprint density at radius 3 is 2.67 bits per heavy atom. The van der Waals surface area contributed by atoms with Crippen LogP contribution in [0.3, 0.4) is 0 Å². The van der Waals surface area contributed by atoms with Crippen LogP contribution in [0.5, 0.6) is 0 Å². The summed E-state index contributed by atoms with van der Waals surface area (Å²) in [6, 6.07) is 0. The fraction of sp³-hybridized carbons (Fsp3) is 0.619. The molecule has 0 spiro atoms. The number of epoxide rings is 1. The molecule has 1 saturated carbocycles. The Labute approximate surface area is 174 Å². The van der Waals surface area contributed by atoms with E-state index in [0.717, 1.165) is 0 Å². The van der Waals surface area contributed by atoms with Gasteiger partial charge in [-0.05, 0) is 19.8 Å². The van der Waals surface area contributed by atoms with Gasteiger partial charge in [-0.15, -0.1) is 0 Å². The molecule has 3 rings (SSSR count). The molecule has 0 aromatic rings. The zero-order chi connectivity index (χ0) is 22.2. The van der Waals surface area contributed by atoms with Crippen molar-refractivity contribution in [2.24, 2.45) is 5.92 Å². The number of carbonyl (C=O) groups is 4. The summed E-state index contributed by atoms with van der Waals surface area (Å²) >= 11 is 0. The third kappa shape index (κ3) is 4.32. The molecule has 3 aliphatic rings. The maximum Gasteiger partial charge on any atom is 0.338 e. The number of hydrogen-bond acceptors (Lipinski definition) is 9. The van der Waals surface area contributed by atoms with E-state index in [9.17, 15) is 24.3 Å². The van der Waals surface area contributed by atoms with E-state index in [0.29, 0.717) is 12.0 Å². The second-order valence-electron chi connectivity index (χ2n) is 8.15. The van der Waals surface area contributed by atoms with E-state index in [1.54, 1.807) is 6.92 Å². The molecule has 30 heavy (non-hydrogen) atoms. The molecular formula is C21H26O9. The van der Waals surface area contributed by atoms with Crippen molar-refractivity contribution in [3.8, 4) is 0 Å². The predicted octanol–water partition coefficient (Wildman–Crippen LogP) is 0.778. The van der Waals surface area contributed by atoms with Gasteiger partial charge in [0.2, 0.25) is 0 Å². The van der Waals surface area contributed by atoms with Gasteiger partial charge in [0, 0.05) is 24.8 Å². The second-order valence-corrected chi connectivity index (χ2v) is 8.15. The highest BCUT2D eigenvalue weighted by atomic mass is 16.6. The lowest BCUT2D eigenvalue weighted by molar-refractivity contribution is -0.145. The van der Waals surface area contributed by atoms with E-state index in [4.69, 9.17) is 18.9 Å². The molecule has 0 amide bonds. The minimum Gasteiger partial charge on any atom is -0.461 e. The van der Waals surface area contributed by atoms with Gasteiger partial charge in [-0.3, -0.25) is 9.59 Å². The molecule has 0 radical (unpaired) electrons. The van der Waals surface area contributed by atoms with Crippen LogP contribution in [0.1, 0.15) is 40.0 Å². The van der Waals surface area contributed by atoms with Crippen LogP contribution >= 0.6 is 0 Å². The Morgan fingerprint density at radius 2 is 2.03 bits per heavy atom. The van der Waals surface area contributed by atoms with Crippen molar-refractivity contribution in [2.75, 3.05) is 13.2 Å². The summed E-state index contributed by atoms with van der Waals surface area (Å²) in [6.07, 6.45) is -1.46. The summed E-state index contributed by atoms with van der Waals surface area (Å²) in [4.78, 5) is 48.8. The highest BCUT2D eigenvalue weighted by Gasteiger charge is 2.62. The molecule has 2 heterocycles. The summed E-state index contributed by atoms with van der Waals surface area (Å²) < 4.78 is 21.9. The summed E-state index contributed by atoms with van der Waals surface area (Å²) in [7, 11) is 0. The van der Waals surface area contributed by atoms with Gasteiger partial charge in [0.1, 0.15) is 24.6 Å². The van der Waals surface area contributed by atoms with E-state index in [-0.39, 0.29) is 36.4 Å². The number of rotatable bonds is 5. The lowest BCUT2D eigenvalue weighted by atomic mass is 9.83. The number of ketones is 1. The van der Waals surface area contributed by atoms with Crippen LogP contribution in [0.2, 0.25) is 0 Å². The van der Waals surface area contributed by atoms with Crippen molar-refractivity contribution in [3.05, 3.63) is 23.3 Å². The van der Waals surface area contributed by atoms with Gasteiger partial charge in [0.05, 0.1) is 23.4 Å². The Bertz CT molecular complexity index is 826. The molecule has 1 N–H and O–H groups in total. The first-order valence-electron chi connectivity index (χ1n) is 9.84. The fourth-order valence-electron chi connectivity index (χ4n) is 3.88. The van der Waals surface area contributed by atoms with Crippen LogP contribution in [0.4, 0.5) is 0 Å². The molecular weight excluding hydrogens is 396 g/mol. The van der Waals surface area contributed by atoms with E-state index in [2.05, 4.69) is 6.58 Å². The van der Waals surface area contributed by atoms with Crippen LogP contribution in [0.25, 0.3) is 0 Å². The molecule has 1 aliphatic carbocycles. The van der Waals surface area contributed by atoms with Crippen LogP contribution in [0.15, 0.2) is 23.3 Å². The Kier molecular flexibility index (Phi) is 6.14. The number of aliphatic hydroxyl groups is 1. The summed E-state index contributed by atoms with van der Waals surface area (Å²) in [5.74, 6) is -2.61. The Morgan fingerprint density at radius 1 is 1.33 bits per heavy atom. The van der Waals surface area contributed by atoms with Gasteiger partial charge in [0.25, 0.3) is 0 Å². The van der Waals surface area contributed by atoms with Crippen LogP contribution in [-0.4, -0.2) is 65.9 Å². The van der Waals surface area contributed by atoms with Crippen LogP contribution in [0, 0.1) is 5.92 Å². The number of hydrogen-bond donors (Lipinski definition) is 1. The molecule has 0 aromatic carbocycles. The van der Waals surface area contributed by atoms with Crippen LogP contribution < -0.4 is 0 Å². The molecule has 9 heteroatoms. The molecule has 0 aromatic heterocycles. The highest BCUT2D eigenvalue weighted by Crippen LogP contribution is 2.49. The van der Waals surface area contributed by atoms with Crippen molar-refractivity contribution in [1.82, 2.24) is 0 Å². The first kappa shape index (κ1) is 22.2. The molecule has 9 nitrogen and oxygen atoms in total. The van der Waals surface area contributed by atoms with Crippen LogP contribution in [-0.2, 0) is 38.1 Å². The average Bonchev–Trinajstić information content (AvgIpc) is 3.25. The Balaban J connectivity index is 2.04. The van der Waals surface area contributed by atoms with E-state index >= 15 is 0 Å². The smallest absolute Gasteiger partial charge is 0.338 e. The zero-order valence-electron chi connectivity index (χ0n) is 17.3. The summed E-state index contributed by atoms with van der Waals surface area (Å²) in [5.41, 5.74) is -0.415. The fourth-order valence-corrected chi connectivity index (χ4v) is 3.88. The largest absolute Gasteiger partial charge is 0.461 e. The summed E-state index contributed by atoms with van der Waals surface area (Å²) in [6.45, 7) is 7.28. The van der Waals surface area contributed by atoms with E-state index < -0.39 is 54.3 Å². The highest BCUT2D eigenvalue weighted by molar-refractivity contribution is 5.94. The minimum atomic E-state index is -1.01. The lowest BCUT2D eigenvalue weighted by Crippen LogP contribution is -2.36. The third-order valence-corrected chi connectivity index (χ3v) is 5.83. The maximum atomic E-state index is 12.6. The molecule has 5 atom stereocenters. The third-order valence-electron chi connectivity index (χ3n) is 5.83. The zero-order valence-corrected chi connectivity index (χ0v) is 17.3. The number of ether oxygens (including phenoxy) is 4. The van der Waals surface area contributed by atoms with Crippen molar-refractivity contribution >= 4 is 23.7 Å². The maximum absolute atomic E-state index is 12.6. The van der Waals surface area contributed by atoms with Gasteiger partial charge in [0.15, 0.2) is 6.10 Å². The number of carbonyl (C=O) groups excluding carboxylic acids is 4. The first-order chi connectivity index (χ1) is 14.1. The van der Waals surface area contributed by atoms with Gasteiger partial charge < -0.3 is 24.1 Å². The van der Waals surface area contributed by atoms with E-state index in [1.807, 2.05) is 6.92 Å². The average molecular weight is 422 g/mol. The van der Waals surface area contributed by atoms with Gasteiger partial charge in [-0.25, -0.2) is 9.59 Å². The molecule has 2 aliphatic heterocycles. The number of aliphatic hydroxyl groups excluding tert-OH is 1. The van der Waals surface area contributed by atoms with Crippen molar-refractivity contribution in [2.45, 2.75) is 63.9 Å². The molecule has 5 unspecified atom stereocenters. The van der Waals surface area contributed by atoms with Gasteiger partial charge in [-0.1, -0.05) is 13.5 Å². The van der Waals surface area contributed by atoms with Crippen molar-refractivity contribution in [3.63, 3.8) is 0 Å². The van der Waals surface area contributed by atoms with Crippen molar-refractivity contribution in [1.29, 1.82) is 0 Å². The second kappa shape index (κ2) is 8.31. The number of Topliss-reactive ketones (excluding diaryl/α,β-unsaturated/α-hetero) is 1.